The van der Waals surface area contributed by atoms with Gasteiger partial charge in [0.2, 0.25) is 0 Å². The number of halogens is 1. The second-order valence-corrected chi connectivity index (χ2v) is 9.09. The van der Waals surface area contributed by atoms with Crippen LogP contribution in [0.4, 0.5) is 4.39 Å². The molecular formula is C23H25FN6O. The lowest BCUT2D eigenvalue weighted by molar-refractivity contribution is 0.0555. The molecule has 1 aromatic carbocycles. The third-order valence-electron chi connectivity index (χ3n) is 6.43. The predicted octanol–water partition coefficient (Wildman–Crippen LogP) is 3.85. The van der Waals surface area contributed by atoms with Crippen LogP contribution in [0.1, 0.15) is 45.2 Å². The quantitative estimate of drug-likeness (QED) is 0.669. The fraction of sp³-hybridized carbons (Fsp3) is 0.391. The topological polar surface area (TPSA) is 88.8 Å². The van der Waals surface area contributed by atoms with Crippen molar-refractivity contribution in [3.8, 4) is 22.8 Å². The molecule has 2 aliphatic heterocycles. The molecule has 31 heavy (non-hydrogen) atoms. The number of imidazole rings is 1. The summed E-state index contributed by atoms with van der Waals surface area (Å²) in [5.74, 6) is 0.365. The van der Waals surface area contributed by atoms with Crippen LogP contribution in [0.15, 0.2) is 48.7 Å². The van der Waals surface area contributed by atoms with Gasteiger partial charge in [-0.3, -0.25) is 0 Å². The number of nitrogens with one attached hydrogen (secondary N) is 1. The van der Waals surface area contributed by atoms with E-state index in [2.05, 4.69) is 32.4 Å². The summed E-state index contributed by atoms with van der Waals surface area (Å²) in [5.41, 5.74) is 1.88. The van der Waals surface area contributed by atoms with Crippen LogP contribution in [0.25, 0.3) is 23.2 Å². The van der Waals surface area contributed by atoms with Crippen molar-refractivity contribution < 1.29 is 9.50 Å². The Kier molecular flexibility index (Phi) is 4.62. The van der Waals surface area contributed by atoms with Crippen molar-refractivity contribution in [1.29, 1.82) is 0 Å². The van der Waals surface area contributed by atoms with E-state index in [1.54, 1.807) is 47.7 Å². The maximum Gasteiger partial charge on any atom is 0.185 e. The summed E-state index contributed by atoms with van der Waals surface area (Å²) in [5, 5.41) is 22.4. The molecule has 0 saturated carbocycles. The first-order valence-corrected chi connectivity index (χ1v) is 10.5. The number of fused-ring (bicyclic) bond motifs is 2. The molecule has 0 aliphatic carbocycles. The highest BCUT2D eigenvalue weighted by Crippen LogP contribution is 2.44. The van der Waals surface area contributed by atoms with Crippen molar-refractivity contribution >= 4 is 6.08 Å². The third-order valence-corrected chi connectivity index (χ3v) is 6.43. The van der Waals surface area contributed by atoms with Crippen LogP contribution in [0.2, 0.25) is 0 Å². The van der Waals surface area contributed by atoms with Gasteiger partial charge in [-0.1, -0.05) is 0 Å². The van der Waals surface area contributed by atoms with Crippen LogP contribution in [0.5, 0.6) is 5.75 Å². The number of aromatic hydroxyl groups is 1. The zero-order valence-electron chi connectivity index (χ0n) is 17.6. The Hall–Kier alpha value is -3.13. The van der Waals surface area contributed by atoms with Gasteiger partial charge < -0.3 is 15.0 Å². The predicted molar refractivity (Wildman–Crippen MR) is 115 cm³/mol. The lowest BCUT2D eigenvalue weighted by Gasteiger charge is -2.53. The molecule has 7 nitrogen and oxygen atoms in total. The van der Waals surface area contributed by atoms with Crippen LogP contribution >= 0.6 is 0 Å². The average molecular weight is 420 g/mol. The highest BCUT2D eigenvalue weighted by atomic mass is 19.1. The Labute approximate surface area is 180 Å². The molecule has 0 unspecified atom stereocenters. The van der Waals surface area contributed by atoms with Crippen molar-refractivity contribution in [3.63, 3.8) is 0 Å². The Bertz CT molecular complexity index is 1130. The summed E-state index contributed by atoms with van der Waals surface area (Å²) in [6, 6.07) is 5.21. The van der Waals surface area contributed by atoms with Crippen LogP contribution in [-0.2, 0) is 0 Å². The van der Waals surface area contributed by atoms with Crippen molar-refractivity contribution in [2.75, 3.05) is 0 Å². The molecule has 8 heteroatoms. The largest absolute Gasteiger partial charge is 0.507 e. The fourth-order valence-corrected chi connectivity index (χ4v) is 5.00. The standard InChI is InChI=1S/C23H25FN6O/c1-22-6-3-7-23(2,29-22)20(24)15(12-22)10-16-13-26-21(28-27-16)18-5-4-17(11-19(18)31)30-9-8-25-14-30/h4-5,8-11,13-14,20,29,31H,3,6-7,12H2,1-2H3/b15-10+/t20-,22+,23-/m0/s1. The van der Waals surface area contributed by atoms with E-state index in [1.165, 1.54) is 0 Å². The van der Waals surface area contributed by atoms with Gasteiger partial charge in [-0.15, -0.1) is 10.2 Å². The van der Waals surface area contributed by atoms with Crippen molar-refractivity contribution in [2.24, 2.45) is 0 Å². The second-order valence-electron chi connectivity index (χ2n) is 9.09. The van der Waals surface area contributed by atoms with Gasteiger partial charge in [0.1, 0.15) is 17.6 Å². The fourth-order valence-electron chi connectivity index (χ4n) is 5.00. The number of hydrogen-bond acceptors (Lipinski definition) is 6. The number of phenols is 1. The maximum absolute atomic E-state index is 15.3. The number of benzene rings is 1. The Morgan fingerprint density at radius 2 is 2.13 bits per heavy atom. The van der Waals surface area contributed by atoms with Gasteiger partial charge in [-0.25, -0.2) is 14.4 Å². The minimum atomic E-state index is -1.07. The molecule has 0 amide bonds. The first-order chi connectivity index (χ1) is 14.9. The molecule has 2 saturated heterocycles. The minimum absolute atomic E-state index is 0.0509. The number of nitrogens with zero attached hydrogens (tertiary/aromatic N) is 5. The number of phenolic OH excluding ortho intramolecular Hbond substituents is 1. The zero-order chi connectivity index (χ0) is 21.6. The van der Waals surface area contributed by atoms with Gasteiger partial charge in [-0.2, -0.15) is 0 Å². The van der Waals surface area contributed by atoms with Crippen molar-refractivity contribution in [3.05, 3.63) is 54.4 Å². The number of rotatable bonds is 3. The maximum atomic E-state index is 15.3. The van der Waals surface area contributed by atoms with E-state index in [0.29, 0.717) is 23.5 Å². The Morgan fingerprint density at radius 1 is 1.26 bits per heavy atom. The van der Waals surface area contributed by atoms with Crippen LogP contribution in [0, 0.1) is 0 Å². The molecule has 5 rings (SSSR count). The van der Waals surface area contributed by atoms with Crippen molar-refractivity contribution in [2.45, 2.75) is 56.8 Å². The third kappa shape index (κ3) is 3.61. The van der Waals surface area contributed by atoms with E-state index < -0.39 is 11.7 Å². The van der Waals surface area contributed by atoms with E-state index in [1.807, 2.05) is 13.0 Å². The van der Waals surface area contributed by atoms with Gasteiger partial charge in [-0.05, 0) is 63.3 Å². The lowest BCUT2D eigenvalue weighted by atomic mass is 9.68. The van der Waals surface area contributed by atoms with Crippen LogP contribution in [0.3, 0.4) is 0 Å². The summed E-state index contributed by atoms with van der Waals surface area (Å²) in [4.78, 5) is 8.37. The van der Waals surface area contributed by atoms with Gasteiger partial charge in [0.15, 0.2) is 5.82 Å². The van der Waals surface area contributed by atoms with E-state index in [-0.39, 0.29) is 11.3 Å². The highest BCUT2D eigenvalue weighted by molar-refractivity contribution is 5.66. The Balaban J connectivity index is 1.40. The summed E-state index contributed by atoms with van der Waals surface area (Å²) in [6.45, 7) is 4.12. The minimum Gasteiger partial charge on any atom is -0.507 e. The molecular weight excluding hydrogens is 395 g/mol. The summed E-state index contributed by atoms with van der Waals surface area (Å²) in [6.07, 6.45) is 10.9. The molecule has 0 radical (unpaired) electrons. The first-order valence-electron chi connectivity index (χ1n) is 10.5. The molecule has 3 aromatic rings. The van der Waals surface area contributed by atoms with E-state index in [9.17, 15) is 5.11 Å². The van der Waals surface area contributed by atoms with E-state index >= 15 is 4.39 Å². The molecule has 2 aromatic heterocycles. The van der Waals surface area contributed by atoms with Gasteiger partial charge >= 0.3 is 0 Å². The highest BCUT2D eigenvalue weighted by Gasteiger charge is 2.50. The molecule has 4 heterocycles. The van der Waals surface area contributed by atoms with Crippen molar-refractivity contribution in [1.82, 2.24) is 30.0 Å². The number of alkyl halides is 1. The smallest absolute Gasteiger partial charge is 0.185 e. The molecule has 2 N–H and O–H groups in total. The van der Waals surface area contributed by atoms with Crippen LogP contribution < -0.4 is 5.32 Å². The molecule has 160 valence electrons. The normalized spacial score (nSPS) is 29.3. The molecule has 2 aliphatic rings. The van der Waals surface area contributed by atoms with Gasteiger partial charge in [0.05, 0.1) is 29.3 Å². The van der Waals surface area contributed by atoms with Crippen LogP contribution in [-0.4, -0.2) is 47.1 Å². The van der Waals surface area contributed by atoms with Gasteiger partial charge in [0, 0.05) is 24.0 Å². The number of piperidine rings is 2. The summed E-state index contributed by atoms with van der Waals surface area (Å²) < 4.78 is 17.1. The lowest BCUT2D eigenvalue weighted by Crippen LogP contribution is -2.66. The number of aromatic nitrogens is 5. The zero-order valence-corrected chi connectivity index (χ0v) is 17.6. The Morgan fingerprint density at radius 3 is 2.84 bits per heavy atom. The molecule has 3 atom stereocenters. The van der Waals surface area contributed by atoms with E-state index in [4.69, 9.17) is 0 Å². The first kappa shape index (κ1) is 19.8. The number of hydrogen-bond donors (Lipinski definition) is 2. The molecule has 0 spiro atoms. The van der Waals surface area contributed by atoms with E-state index in [0.717, 1.165) is 30.5 Å². The average Bonchev–Trinajstić information content (AvgIpc) is 3.27. The second kappa shape index (κ2) is 7.23. The molecule has 2 fully saturated rings. The monoisotopic (exact) mass is 420 g/mol. The molecule has 2 bridgehead atoms. The summed E-state index contributed by atoms with van der Waals surface area (Å²) in [7, 11) is 0. The van der Waals surface area contributed by atoms with Gasteiger partial charge in [0.25, 0.3) is 0 Å². The SMILES string of the molecule is C[C@]12CCC[C@](C)(N1)[C@@H](F)/C(=C/c1cnc(-c3ccc(-n4ccnc4)cc3O)nn1)C2. The summed E-state index contributed by atoms with van der Waals surface area (Å²) >= 11 is 0.